The van der Waals surface area contributed by atoms with Gasteiger partial charge in [-0.05, 0) is 12.1 Å². The molecule has 2 rings (SSSR count). The average molecular weight is 203 g/mol. The van der Waals surface area contributed by atoms with Crippen LogP contribution in [0.1, 0.15) is 10.4 Å². The maximum absolute atomic E-state index is 10.9. The highest BCUT2D eigenvalue weighted by atomic mass is 16.4. The van der Waals surface area contributed by atoms with Gasteiger partial charge in [0.2, 0.25) is 0 Å². The molecule has 0 aliphatic heterocycles. The molecular weight excluding hydrogens is 194 g/mol. The number of nitrogens with one attached hydrogen (secondary N) is 2. The number of aromatic nitrogens is 2. The number of carboxylic acids is 1. The molecule has 0 spiro atoms. The third-order valence-electron chi connectivity index (χ3n) is 1.93. The second kappa shape index (κ2) is 3.83. The van der Waals surface area contributed by atoms with Gasteiger partial charge in [-0.2, -0.15) is 5.10 Å². The van der Waals surface area contributed by atoms with Gasteiger partial charge in [-0.1, -0.05) is 12.1 Å². The van der Waals surface area contributed by atoms with Crippen molar-refractivity contribution >= 4 is 17.5 Å². The van der Waals surface area contributed by atoms with Crippen molar-refractivity contribution in [1.82, 2.24) is 10.2 Å². The van der Waals surface area contributed by atoms with Crippen molar-refractivity contribution in [2.45, 2.75) is 0 Å². The van der Waals surface area contributed by atoms with E-state index in [1.54, 1.807) is 36.5 Å². The minimum Gasteiger partial charge on any atom is -0.478 e. The molecule has 2 aromatic rings. The largest absolute Gasteiger partial charge is 0.478 e. The minimum absolute atomic E-state index is 0.229. The van der Waals surface area contributed by atoms with E-state index < -0.39 is 5.97 Å². The molecule has 0 aliphatic rings. The average Bonchev–Trinajstić information content (AvgIpc) is 2.71. The summed E-state index contributed by atoms with van der Waals surface area (Å²) in [5.41, 5.74) is 0.765. The first-order valence-corrected chi connectivity index (χ1v) is 4.36. The summed E-state index contributed by atoms with van der Waals surface area (Å²) >= 11 is 0. The summed E-state index contributed by atoms with van der Waals surface area (Å²) in [5.74, 6) is -0.304. The van der Waals surface area contributed by atoms with Gasteiger partial charge in [0.15, 0.2) is 0 Å². The molecule has 15 heavy (non-hydrogen) atoms. The summed E-state index contributed by atoms with van der Waals surface area (Å²) in [6.07, 6.45) is 1.59. The molecule has 1 aromatic carbocycles. The molecule has 1 heterocycles. The molecular formula is C10H9N3O2. The molecule has 1 aromatic heterocycles. The number of carboxylic acid groups (broad SMARTS) is 1. The van der Waals surface area contributed by atoms with Crippen LogP contribution in [0.15, 0.2) is 36.5 Å². The van der Waals surface area contributed by atoms with E-state index in [1.165, 1.54) is 0 Å². The Balaban J connectivity index is 2.32. The van der Waals surface area contributed by atoms with Gasteiger partial charge in [-0.15, -0.1) is 0 Å². The number of H-pyrrole nitrogens is 1. The van der Waals surface area contributed by atoms with Crippen molar-refractivity contribution in [3.05, 3.63) is 42.1 Å². The topological polar surface area (TPSA) is 78.0 Å². The van der Waals surface area contributed by atoms with Crippen molar-refractivity contribution in [2.75, 3.05) is 5.32 Å². The standard InChI is InChI=1S/C10H9N3O2/c14-10(15)7-3-1-2-4-8(7)12-9-5-6-11-13-9/h1-6H,(H,14,15)(H2,11,12,13). The number of rotatable bonds is 3. The molecule has 5 heteroatoms. The Morgan fingerprint density at radius 1 is 1.33 bits per heavy atom. The lowest BCUT2D eigenvalue weighted by Crippen LogP contribution is -2.02. The lowest BCUT2D eigenvalue weighted by atomic mass is 10.2. The Hall–Kier alpha value is -2.30. The number of carbonyl (C=O) groups is 1. The first-order chi connectivity index (χ1) is 7.27. The molecule has 0 unspecified atom stereocenters. The van der Waals surface area contributed by atoms with E-state index in [1.807, 2.05) is 0 Å². The molecule has 0 amide bonds. The number of hydrogen-bond donors (Lipinski definition) is 3. The van der Waals surface area contributed by atoms with E-state index in [0.29, 0.717) is 11.5 Å². The predicted octanol–water partition coefficient (Wildman–Crippen LogP) is 1.85. The highest BCUT2D eigenvalue weighted by Crippen LogP contribution is 2.18. The van der Waals surface area contributed by atoms with Crippen molar-refractivity contribution in [2.24, 2.45) is 0 Å². The second-order valence-corrected chi connectivity index (χ2v) is 2.95. The van der Waals surface area contributed by atoms with Gasteiger partial charge in [0, 0.05) is 6.07 Å². The molecule has 0 radical (unpaired) electrons. The summed E-state index contributed by atoms with van der Waals surface area (Å²) in [6.45, 7) is 0. The summed E-state index contributed by atoms with van der Waals surface area (Å²) in [4.78, 5) is 10.9. The van der Waals surface area contributed by atoms with Crippen molar-refractivity contribution in [1.29, 1.82) is 0 Å². The van der Waals surface area contributed by atoms with Crippen LogP contribution in [0.3, 0.4) is 0 Å². The van der Waals surface area contributed by atoms with Crippen LogP contribution >= 0.6 is 0 Å². The Morgan fingerprint density at radius 3 is 2.80 bits per heavy atom. The normalized spacial score (nSPS) is 9.87. The Bertz CT molecular complexity index is 465. The maximum atomic E-state index is 10.9. The van der Waals surface area contributed by atoms with Crippen LogP contribution in [0.2, 0.25) is 0 Å². The Kier molecular flexibility index (Phi) is 2.37. The predicted molar refractivity (Wildman–Crippen MR) is 55.3 cm³/mol. The van der Waals surface area contributed by atoms with E-state index >= 15 is 0 Å². The highest BCUT2D eigenvalue weighted by Gasteiger charge is 2.08. The Morgan fingerprint density at radius 2 is 2.13 bits per heavy atom. The second-order valence-electron chi connectivity index (χ2n) is 2.95. The number of anilines is 2. The van der Waals surface area contributed by atoms with Crippen molar-refractivity contribution in [3.8, 4) is 0 Å². The summed E-state index contributed by atoms with van der Waals surface area (Å²) in [6, 6.07) is 8.41. The van der Waals surface area contributed by atoms with Gasteiger partial charge in [0.05, 0.1) is 17.4 Å². The summed E-state index contributed by atoms with van der Waals surface area (Å²) in [7, 11) is 0. The SMILES string of the molecule is O=C(O)c1ccccc1Nc1ccn[nH]1. The molecule has 5 nitrogen and oxygen atoms in total. The molecule has 0 saturated carbocycles. The minimum atomic E-state index is -0.961. The number of benzene rings is 1. The Labute approximate surface area is 85.8 Å². The van der Waals surface area contributed by atoms with E-state index in [9.17, 15) is 4.79 Å². The van der Waals surface area contributed by atoms with E-state index in [4.69, 9.17) is 5.11 Å². The maximum Gasteiger partial charge on any atom is 0.337 e. The van der Waals surface area contributed by atoms with Crippen LogP contribution in [0.4, 0.5) is 11.5 Å². The number of aromatic carboxylic acids is 1. The van der Waals surface area contributed by atoms with Gasteiger partial charge >= 0.3 is 5.97 Å². The van der Waals surface area contributed by atoms with Crippen LogP contribution in [0.5, 0.6) is 0 Å². The summed E-state index contributed by atoms with van der Waals surface area (Å²) in [5, 5.41) is 18.3. The fourth-order valence-electron chi connectivity index (χ4n) is 1.25. The molecule has 0 atom stereocenters. The number of hydrogen-bond acceptors (Lipinski definition) is 3. The highest BCUT2D eigenvalue weighted by molar-refractivity contribution is 5.94. The van der Waals surface area contributed by atoms with Gasteiger partial charge in [0.1, 0.15) is 5.82 Å². The quantitative estimate of drug-likeness (QED) is 0.711. The van der Waals surface area contributed by atoms with Gasteiger partial charge in [-0.25, -0.2) is 4.79 Å². The smallest absolute Gasteiger partial charge is 0.337 e. The first-order valence-electron chi connectivity index (χ1n) is 4.36. The third kappa shape index (κ3) is 1.96. The van der Waals surface area contributed by atoms with Crippen LogP contribution in [0, 0.1) is 0 Å². The van der Waals surface area contributed by atoms with Crippen LogP contribution in [-0.2, 0) is 0 Å². The van der Waals surface area contributed by atoms with E-state index in [0.717, 1.165) is 0 Å². The fourth-order valence-corrected chi connectivity index (χ4v) is 1.25. The lowest BCUT2D eigenvalue weighted by Gasteiger charge is -2.06. The zero-order valence-corrected chi connectivity index (χ0v) is 7.77. The van der Waals surface area contributed by atoms with Crippen molar-refractivity contribution < 1.29 is 9.90 Å². The monoisotopic (exact) mass is 203 g/mol. The molecule has 0 fully saturated rings. The molecule has 0 aliphatic carbocycles. The molecule has 76 valence electrons. The summed E-state index contributed by atoms with van der Waals surface area (Å²) < 4.78 is 0. The van der Waals surface area contributed by atoms with Gasteiger partial charge in [0.25, 0.3) is 0 Å². The van der Waals surface area contributed by atoms with E-state index in [2.05, 4.69) is 15.5 Å². The molecule has 0 saturated heterocycles. The van der Waals surface area contributed by atoms with E-state index in [-0.39, 0.29) is 5.56 Å². The van der Waals surface area contributed by atoms with Crippen molar-refractivity contribution in [3.63, 3.8) is 0 Å². The van der Waals surface area contributed by atoms with Gasteiger partial charge < -0.3 is 10.4 Å². The van der Waals surface area contributed by atoms with Crippen LogP contribution < -0.4 is 5.32 Å². The van der Waals surface area contributed by atoms with Crippen LogP contribution in [0.25, 0.3) is 0 Å². The number of aromatic amines is 1. The lowest BCUT2D eigenvalue weighted by molar-refractivity contribution is 0.0698. The number of nitrogens with zero attached hydrogens (tertiary/aromatic N) is 1. The molecule has 3 N–H and O–H groups in total. The molecule has 0 bridgehead atoms. The number of para-hydroxylation sites is 1. The van der Waals surface area contributed by atoms with Crippen LogP contribution in [-0.4, -0.2) is 21.3 Å². The zero-order chi connectivity index (χ0) is 10.7. The fraction of sp³-hybridized carbons (Fsp3) is 0. The zero-order valence-electron chi connectivity index (χ0n) is 7.77. The first kappa shape index (κ1) is 9.26. The third-order valence-corrected chi connectivity index (χ3v) is 1.93. The van der Waals surface area contributed by atoms with Gasteiger partial charge in [-0.3, -0.25) is 5.10 Å².